The standard InChI is InChI=1S/C35H44N2O4.2C25H34N2.C15H20N2.C15H24N2.C12H17N/c1-27(22-28-14-7-5-8-15-28)26-37(35(38)30-24-32(39-2)34(41-4)33(25-30)40-3)21-13-20-36-19-12-11-18-31(36)23-29-16-9-6-10-17-29;2*1-22(19-23-11-4-2-5-12-23)21-26-16-10-18-27-17-9-8-15-25(27)20-24-13-6-3-7-14-24;1-16-10-12-17-11-6-5-9-15(17)13-14-7-3-2-4-8-14;16-10-6-12-17-11-5-4-9-15(17)13-14-7-2-1-3-8-14;1-2-6-11(7-3-1)10-12-8-4-5-9-13-12/h5-10,14-17,22,24-25,31H,11-13,18-21,23,26H2,1-4H3;2*2-7,11-14,19,25-26H,8-10,15-18,20-21H2,1H3;2-4,7-8,15H,5-6,9-13H2;1-3,7-8,15H,4-6,9-13,16H2;1-3,6-7,12-13H,4-5,8-10H2/b27-22+;2*22-19+;;;. The molecule has 6 heterocycles. The van der Waals surface area contributed by atoms with Crippen molar-refractivity contribution in [1.29, 1.82) is 0 Å². The average molecular weight is 1920 g/mol. The number of ether oxygens (including phenoxy) is 3. The third-order valence-electron chi connectivity index (χ3n) is 28.8. The van der Waals surface area contributed by atoms with Crippen LogP contribution in [0.1, 0.15) is 222 Å². The van der Waals surface area contributed by atoms with Crippen molar-refractivity contribution in [3.8, 4) is 17.2 Å². The van der Waals surface area contributed by atoms with Gasteiger partial charge in [-0.25, -0.2) is 6.57 Å². The molecule has 0 spiro atoms. The molecule has 5 N–H and O–H groups in total. The molecule has 6 unspecified atom stereocenters. The highest BCUT2D eigenvalue weighted by atomic mass is 16.5. The highest BCUT2D eigenvalue weighted by Gasteiger charge is 2.29. The second kappa shape index (κ2) is 67.1. The van der Waals surface area contributed by atoms with Crippen LogP contribution in [0.3, 0.4) is 0 Å². The van der Waals surface area contributed by atoms with Gasteiger partial charge in [-0.2, -0.15) is 0 Å². The fourth-order valence-corrected chi connectivity index (χ4v) is 21.3. The second-order valence-corrected chi connectivity index (χ2v) is 40.0. The molecule has 760 valence electrons. The van der Waals surface area contributed by atoms with E-state index < -0.39 is 0 Å². The van der Waals surface area contributed by atoms with Gasteiger partial charge in [0.2, 0.25) is 12.3 Å². The van der Waals surface area contributed by atoms with Crippen molar-refractivity contribution in [2.75, 3.05) is 146 Å². The Kier molecular flexibility index (Phi) is 52.8. The SMILES string of the molecule is C/C(=C\c1ccccc1)CNCCCN1CCCCC1Cc1ccccc1.C/C(=C\c1ccccc1)CNCCCN1CCCCC1Cc1ccccc1.COc1cc(C(=O)N(CCCN2CCCCC2Cc2ccccc2)C/C(C)=C/c2ccccc2)cc(OC)c1OC.NCCCN1CCCCC1Cc1ccccc1.[C-]#[N+]CCN1CCCCC1Cc1ccccc1.c1ccc(CC2CCCCN2)cc1. The summed E-state index contributed by atoms with van der Waals surface area (Å²) in [7, 11) is 4.71. The van der Waals surface area contributed by atoms with Gasteiger partial charge >= 0.3 is 0 Å². The topological polar surface area (TPSA) is 131 Å². The quantitative estimate of drug-likeness (QED) is 0.0214. The first-order chi connectivity index (χ1) is 69.9. The van der Waals surface area contributed by atoms with Crippen LogP contribution in [-0.2, 0) is 38.5 Å². The van der Waals surface area contributed by atoms with Gasteiger partial charge in [0.15, 0.2) is 11.5 Å². The lowest BCUT2D eigenvalue weighted by Crippen LogP contribution is -2.43. The lowest BCUT2D eigenvalue weighted by atomic mass is 9.95. The number of piperidine rings is 6. The van der Waals surface area contributed by atoms with Crippen LogP contribution in [0, 0.1) is 6.57 Å². The highest BCUT2D eigenvalue weighted by Crippen LogP contribution is 2.39. The van der Waals surface area contributed by atoms with Gasteiger partial charge < -0.3 is 60.3 Å². The minimum Gasteiger partial charge on any atom is -0.493 e. The zero-order chi connectivity index (χ0) is 99.3. The van der Waals surface area contributed by atoms with Gasteiger partial charge in [-0.3, -0.25) is 14.6 Å². The number of rotatable bonds is 42. The lowest BCUT2D eigenvalue weighted by molar-refractivity contribution is 0.0751. The number of nitrogens with one attached hydrogen (secondary N) is 3. The Morgan fingerprint density at radius 2 is 0.683 bits per heavy atom. The molecule has 15 nitrogen and oxygen atoms in total. The maximum absolute atomic E-state index is 14.0. The summed E-state index contributed by atoms with van der Waals surface area (Å²) < 4.78 is 16.6. The molecule has 0 aromatic heterocycles. The summed E-state index contributed by atoms with van der Waals surface area (Å²) in [5.41, 5.74) is 22.4. The van der Waals surface area contributed by atoms with Crippen LogP contribution in [0.4, 0.5) is 0 Å². The van der Waals surface area contributed by atoms with Crippen molar-refractivity contribution in [3.05, 3.63) is 369 Å². The van der Waals surface area contributed by atoms with Crippen LogP contribution >= 0.6 is 0 Å². The minimum atomic E-state index is -0.0513. The molecule has 6 fully saturated rings. The second-order valence-electron chi connectivity index (χ2n) is 40.0. The Morgan fingerprint density at radius 1 is 0.380 bits per heavy atom. The molecule has 0 aliphatic carbocycles. The molecule has 6 saturated heterocycles. The maximum atomic E-state index is 14.0. The Morgan fingerprint density at radius 3 is 0.993 bits per heavy atom. The molecule has 6 aliphatic rings. The summed E-state index contributed by atoms with van der Waals surface area (Å²) in [6.07, 6.45) is 42.2. The normalized spacial score (nSPS) is 18.8. The van der Waals surface area contributed by atoms with E-state index in [2.05, 4.69) is 339 Å². The fraction of sp³-hybridized carbons (Fsp3) is 0.465. The zero-order valence-corrected chi connectivity index (χ0v) is 87.4. The van der Waals surface area contributed by atoms with Crippen LogP contribution in [0.5, 0.6) is 17.2 Å². The van der Waals surface area contributed by atoms with Gasteiger partial charge in [0.1, 0.15) is 0 Å². The van der Waals surface area contributed by atoms with Gasteiger partial charge in [0.05, 0.1) is 27.9 Å². The van der Waals surface area contributed by atoms with Crippen LogP contribution in [0.15, 0.2) is 302 Å². The van der Waals surface area contributed by atoms with E-state index in [4.69, 9.17) is 26.5 Å². The summed E-state index contributed by atoms with van der Waals surface area (Å²) >= 11 is 0. The molecule has 6 aliphatic heterocycles. The molecule has 1 amide bonds. The molecule has 0 radical (unpaired) electrons. The number of carbonyl (C=O) groups is 1. The molecule has 0 bridgehead atoms. The van der Waals surface area contributed by atoms with Crippen molar-refractivity contribution in [1.82, 2.24) is 45.3 Å². The minimum absolute atomic E-state index is 0.0513. The first-order valence-corrected chi connectivity index (χ1v) is 54.3. The average Bonchev–Trinajstić information content (AvgIpc) is 0.806. The summed E-state index contributed by atoms with van der Waals surface area (Å²) in [4.78, 5) is 32.7. The molecule has 0 saturated carbocycles. The van der Waals surface area contributed by atoms with Crippen molar-refractivity contribution >= 4 is 24.1 Å². The molecule has 10 aromatic rings. The van der Waals surface area contributed by atoms with E-state index in [1.807, 2.05) is 23.1 Å². The van der Waals surface area contributed by atoms with Crippen LogP contribution in [0.2, 0.25) is 0 Å². The van der Waals surface area contributed by atoms with Crippen LogP contribution in [0.25, 0.3) is 23.1 Å². The van der Waals surface area contributed by atoms with E-state index in [0.717, 1.165) is 113 Å². The van der Waals surface area contributed by atoms with Gasteiger partial charge in [-0.1, -0.05) is 346 Å². The highest BCUT2D eigenvalue weighted by molar-refractivity contribution is 5.96. The number of nitrogens with two attached hydrogens (primary N) is 1. The number of methoxy groups -OCH3 is 3. The number of likely N-dealkylation sites (tertiary alicyclic amines) is 5. The molecular formula is C127H173N11O4. The Labute approximate surface area is 857 Å². The molecular weight excluding hydrogens is 1740 g/mol. The monoisotopic (exact) mass is 1920 g/mol. The van der Waals surface area contributed by atoms with E-state index >= 15 is 0 Å². The van der Waals surface area contributed by atoms with Crippen molar-refractivity contribution in [2.24, 2.45) is 5.73 Å². The predicted octanol–water partition coefficient (Wildman–Crippen LogP) is 24.9. The number of amides is 1. The lowest BCUT2D eigenvalue weighted by Gasteiger charge is -2.36. The maximum Gasteiger partial charge on any atom is 0.254 e. The van der Waals surface area contributed by atoms with E-state index in [0.29, 0.717) is 54.5 Å². The molecule has 16 rings (SSSR count). The number of nitrogens with zero attached hydrogens (tertiary/aromatic N) is 7. The summed E-state index contributed by atoms with van der Waals surface area (Å²) in [5.74, 6) is 1.38. The largest absolute Gasteiger partial charge is 0.493 e. The van der Waals surface area contributed by atoms with Crippen molar-refractivity contribution < 1.29 is 19.0 Å². The van der Waals surface area contributed by atoms with Crippen LogP contribution in [-0.4, -0.2) is 217 Å². The molecule has 15 heteroatoms. The Bertz CT molecular complexity index is 4970. The summed E-state index contributed by atoms with van der Waals surface area (Å²) in [6.45, 7) is 33.0. The van der Waals surface area contributed by atoms with E-state index in [9.17, 15) is 4.79 Å². The molecule has 6 atom stereocenters. The number of carbonyl (C=O) groups excluding carboxylic acids is 1. The van der Waals surface area contributed by atoms with Crippen molar-refractivity contribution in [3.63, 3.8) is 0 Å². The summed E-state index contributed by atoms with van der Waals surface area (Å²) in [6, 6.07) is 104. The van der Waals surface area contributed by atoms with Crippen molar-refractivity contribution in [2.45, 2.75) is 237 Å². The molecule has 10 aromatic carbocycles. The number of benzene rings is 10. The van der Waals surface area contributed by atoms with Gasteiger partial charge in [-0.15, -0.1) is 0 Å². The van der Waals surface area contributed by atoms with E-state index in [1.54, 1.807) is 33.5 Å². The predicted molar refractivity (Wildman–Crippen MR) is 600 cm³/mol. The third-order valence-corrected chi connectivity index (χ3v) is 28.8. The zero-order valence-electron chi connectivity index (χ0n) is 87.4. The number of hydrogen-bond donors (Lipinski definition) is 4. The summed E-state index contributed by atoms with van der Waals surface area (Å²) in [5, 5.41) is 10.8. The van der Waals surface area contributed by atoms with Gasteiger partial charge in [0.25, 0.3) is 5.91 Å². The first kappa shape index (κ1) is 112. The Hall–Kier alpha value is -10.6. The van der Waals surface area contributed by atoms with Crippen LogP contribution < -0.4 is 35.9 Å². The fourth-order valence-electron chi connectivity index (χ4n) is 21.3. The van der Waals surface area contributed by atoms with E-state index in [-0.39, 0.29) is 5.91 Å². The van der Waals surface area contributed by atoms with Gasteiger partial charge in [0, 0.05) is 74.5 Å². The van der Waals surface area contributed by atoms with E-state index in [1.165, 1.54) is 262 Å². The Balaban J connectivity index is 0.000000169. The molecule has 142 heavy (non-hydrogen) atoms. The third kappa shape index (κ3) is 42.4. The smallest absolute Gasteiger partial charge is 0.254 e. The first-order valence-electron chi connectivity index (χ1n) is 54.3. The van der Waals surface area contributed by atoms with Gasteiger partial charge in [-0.05, 0) is 303 Å². The number of hydrogen-bond acceptors (Lipinski definition) is 13.